The molecule has 90 valence electrons. The summed E-state index contributed by atoms with van der Waals surface area (Å²) in [6.07, 6.45) is 1.83. The molecule has 0 bridgehead atoms. The first-order valence-electron chi connectivity index (χ1n) is 5.71. The number of hydrogen-bond acceptors (Lipinski definition) is 2. The molecule has 1 aromatic carbocycles. The van der Waals surface area contributed by atoms with Gasteiger partial charge in [0.2, 0.25) is 0 Å². The van der Waals surface area contributed by atoms with E-state index in [1.54, 1.807) is 18.2 Å². The maximum Gasteiger partial charge on any atom is 0.132 e. The van der Waals surface area contributed by atoms with Crippen LogP contribution in [-0.4, -0.2) is 9.55 Å². The van der Waals surface area contributed by atoms with Crippen molar-refractivity contribution in [2.24, 2.45) is 7.05 Å². The van der Waals surface area contributed by atoms with E-state index in [-0.39, 0.29) is 5.82 Å². The first-order chi connectivity index (χ1) is 8.15. The number of aryl methyl sites for hydroxylation is 1. The number of hydrogen-bond donors (Lipinski definition) is 1. The number of anilines is 1. The van der Waals surface area contributed by atoms with Crippen molar-refractivity contribution in [1.82, 2.24) is 9.55 Å². The summed E-state index contributed by atoms with van der Waals surface area (Å²) in [7, 11) is 1.86. The van der Waals surface area contributed by atoms with Gasteiger partial charge in [-0.1, -0.05) is 19.1 Å². The van der Waals surface area contributed by atoms with Gasteiger partial charge in [0.25, 0.3) is 0 Å². The predicted octanol–water partition coefficient (Wildman–Crippen LogP) is 2.76. The Bertz CT molecular complexity index is 531. The maximum absolute atomic E-state index is 13.7. The highest BCUT2D eigenvalue weighted by atomic mass is 19.1. The van der Waals surface area contributed by atoms with Gasteiger partial charge in [0.15, 0.2) is 0 Å². The van der Waals surface area contributed by atoms with Crippen molar-refractivity contribution < 1.29 is 4.39 Å². The predicted molar refractivity (Wildman–Crippen MR) is 67.0 cm³/mol. The minimum absolute atomic E-state index is 0.291. The van der Waals surface area contributed by atoms with Gasteiger partial charge in [-0.25, -0.2) is 9.37 Å². The SMILES string of the molecule is CCCc1nc(-c2ccccc2F)c(N)n1C. The summed E-state index contributed by atoms with van der Waals surface area (Å²) in [6.45, 7) is 2.08. The van der Waals surface area contributed by atoms with E-state index in [1.165, 1.54) is 6.07 Å². The van der Waals surface area contributed by atoms with Crippen LogP contribution in [0.2, 0.25) is 0 Å². The monoisotopic (exact) mass is 233 g/mol. The minimum atomic E-state index is -0.291. The van der Waals surface area contributed by atoms with Crippen molar-refractivity contribution >= 4 is 5.82 Å². The molecule has 0 aliphatic carbocycles. The molecule has 17 heavy (non-hydrogen) atoms. The van der Waals surface area contributed by atoms with Crippen LogP contribution in [0, 0.1) is 5.82 Å². The Balaban J connectivity index is 2.53. The molecule has 0 amide bonds. The molecule has 2 N–H and O–H groups in total. The Kier molecular flexibility index (Phi) is 3.13. The molecule has 1 heterocycles. The Morgan fingerprint density at radius 2 is 2.06 bits per heavy atom. The van der Waals surface area contributed by atoms with Gasteiger partial charge >= 0.3 is 0 Å². The fraction of sp³-hybridized carbons (Fsp3) is 0.308. The van der Waals surface area contributed by atoms with E-state index in [9.17, 15) is 4.39 Å². The van der Waals surface area contributed by atoms with Crippen LogP contribution in [0.5, 0.6) is 0 Å². The number of halogens is 1. The lowest BCUT2D eigenvalue weighted by atomic mass is 10.1. The van der Waals surface area contributed by atoms with E-state index in [1.807, 2.05) is 11.6 Å². The molecule has 0 fully saturated rings. The molecule has 2 rings (SSSR count). The highest BCUT2D eigenvalue weighted by Gasteiger charge is 2.15. The van der Waals surface area contributed by atoms with Crippen molar-refractivity contribution in [3.8, 4) is 11.3 Å². The van der Waals surface area contributed by atoms with Gasteiger partial charge in [0.1, 0.15) is 23.2 Å². The van der Waals surface area contributed by atoms with Crippen LogP contribution < -0.4 is 5.73 Å². The van der Waals surface area contributed by atoms with Gasteiger partial charge < -0.3 is 10.3 Å². The van der Waals surface area contributed by atoms with Gasteiger partial charge in [-0.05, 0) is 18.6 Å². The van der Waals surface area contributed by atoms with Gasteiger partial charge in [-0.3, -0.25) is 0 Å². The fourth-order valence-corrected chi connectivity index (χ4v) is 1.86. The summed E-state index contributed by atoms with van der Waals surface area (Å²) in [5.41, 5.74) is 6.97. The first kappa shape index (κ1) is 11.6. The van der Waals surface area contributed by atoms with Gasteiger partial charge in [-0.15, -0.1) is 0 Å². The lowest BCUT2D eigenvalue weighted by Gasteiger charge is -2.01. The molecule has 0 saturated heterocycles. The fourth-order valence-electron chi connectivity index (χ4n) is 1.86. The standard InChI is InChI=1S/C13H16FN3/c1-3-6-11-16-12(13(15)17(11)2)9-7-4-5-8-10(9)14/h4-5,7-8H,3,6,15H2,1-2H3. The van der Waals surface area contributed by atoms with Gasteiger partial charge in [0.05, 0.1) is 0 Å². The van der Waals surface area contributed by atoms with Crippen LogP contribution in [0.1, 0.15) is 19.2 Å². The number of nitrogens with two attached hydrogens (primary N) is 1. The van der Waals surface area contributed by atoms with Crippen molar-refractivity contribution in [1.29, 1.82) is 0 Å². The van der Waals surface area contributed by atoms with E-state index in [4.69, 9.17) is 5.73 Å². The van der Waals surface area contributed by atoms with Crippen LogP contribution in [0.3, 0.4) is 0 Å². The Hall–Kier alpha value is -1.84. The molecular weight excluding hydrogens is 217 g/mol. The molecule has 2 aromatic rings. The molecule has 4 heteroatoms. The summed E-state index contributed by atoms with van der Waals surface area (Å²) in [4.78, 5) is 4.43. The van der Waals surface area contributed by atoms with Gasteiger partial charge in [0, 0.05) is 19.0 Å². The first-order valence-corrected chi connectivity index (χ1v) is 5.71. The Morgan fingerprint density at radius 3 is 2.71 bits per heavy atom. The summed E-state index contributed by atoms with van der Waals surface area (Å²) >= 11 is 0. The summed E-state index contributed by atoms with van der Waals surface area (Å²) in [6, 6.07) is 6.56. The van der Waals surface area contributed by atoms with Crippen molar-refractivity contribution in [2.75, 3.05) is 5.73 Å². The van der Waals surface area contributed by atoms with Crippen molar-refractivity contribution in [3.05, 3.63) is 35.9 Å². The largest absolute Gasteiger partial charge is 0.383 e. The lowest BCUT2D eigenvalue weighted by molar-refractivity contribution is 0.631. The molecule has 0 saturated carbocycles. The quantitative estimate of drug-likeness (QED) is 0.885. The number of nitrogens with zero attached hydrogens (tertiary/aromatic N) is 2. The number of imidazole rings is 1. The second kappa shape index (κ2) is 4.57. The zero-order valence-corrected chi connectivity index (χ0v) is 10.1. The van der Waals surface area contributed by atoms with Crippen LogP contribution in [0.25, 0.3) is 11.3 Å². The Morgan fingerprint density at radius 1 is 1.35 bits per heavy atom. The van der Waals surface area contributed by atoms with Crippen LogP contribution >= 0.6 is 0 Å². The number of nitrogen functional groups attached to an aromatic ring is 1. The van der Waals surface area contributed by atoms with Gasteiger partial charge in [-0.2, -0.15) is 0 Å². The Labute approximate surface area is 100 Å². The van der Waals surface area contributed by atoms with Crippen LogP contribution in [-0.2, 0) is 13.5 Å². The molecule has 0 atom stereocenters. The average molecular weight is 233 g/mol. The number of benzene rings is 1. The third-order valence-corrected chi connectivity index (χ3v) is 2.83. The third-order valence-electron chi connectivity index (χ3n) is 2.83. The van der Waals surface area contributed by atoms with Crippen molar-refractivity contribution in [2.45, 2.75) is 19.8 Å². The van der Waals surface area contributed by atoms with E-state index in [0.717, 1.165) is 18.7 Å². The highest BCUT2D eigenvalue weighted by molar-refractivity contribution is 5.71. The zero-order chi connectivity index (χ0) is 12.4. The summed E-state index contributed by atoms with van der Waals surface area (Å²) in [5, 5.41) is 0. The molecule has 0 aliphatic heterocycles. The smallest absolute Gasteiger partial charge is 0.132 e. The molecule has 3 nitrogen and oxygen atoms in total. The molecular formula is C13H16FN3. The molecule has 0 aliphatic rings. The molecule has 0 unspecified atom stereocenters. The van der Waals surface area contributed by atoms with E-state index in [2.05, 4.69) is 11.9 Å². The summed E-state index contributed by atoms with van der Waals surface area (Å²) < 4.78 is 15.5. The second-order valence-corrected chi connectivity index (χ2v) is 4.05. The average Bonchev–Trinajstić information content (AvgIpc) is 2.59. The van der Waals surface area contributed by atoms with Crippen LogP contribution in [0.15, 0.2) is 24.3 Å². The second-order valence-electron chi connectivity index (χ2n) is 4.05. The lowest BCUT2D eigenvalue weighted by Crippen LogP contribution is -2.01. The topological polar surface area (TPSA) is 43.8 Å². The summed E-state index contributed by atoms with van der Waals surface area (Å²) in [5.74, 6) is 1.11. The van der Waals surface area contributed by atoms with E-state index in [0.29, 0.717) is 17.1 Å². The number of aromatic nitrogens is 2. The molecule has 1 aromatic heterocycles. The normalized spacial score (nSPS) is 10.8. The van der Waals surface area contributed by atoms with Crippen molar-refractivity contribution in [3.63, 3.8) is 0 Å². The third kappa shape index (κ3) is 2.02. The van der Waals surface area contributed by atoms with E-state index >= 15 is 0 Å². The maximum atomic E-state index is 13.7. The van der Waals surface area contributed by atoms with Crippen LogP contribution in [0.4, 0.5) is 10.2 Å². The minimum Gasteiger partial charge on any atom is -0.383 e. The zero-order valence-electron chi connectivity index (χ0n) is 10.1. The highest BCUT2D eigenvalue weighted by Crippen LogP contribution is 2.27. The number of rotatable bonds is 3. The van der Waals surface area contributed by atoms with E-state index < -0.39 is 0 Å². The molecule has 0 spiro atoms. The molecule has 0 radical (unpaired) electrons.